The largest absolute Gasteiger partial charge is 0.367 e. The van der Waals surface area contributed by atoms with Crippen molar-refractivity contribution in [3.8, 4) is 0 Å². The molecule has 0 aromatic carbocycles. The van der Waals surface area contributed by atoms with E-state index in [9.17, 15) is 4.79 Å². The molecule has 0 aliphatic carbocycles. The van der Waals surface area contributed by atoms with Crippen LogP contribution in [-0.4, -0.2) is 39.3 Å². The third kappa shape index (κ3) is 4.32. The molecular weight excluding hydrogens is 334 g/mol. The van der Waals surface area contributed by atoms with Gasteiger partial charge in [0.05, 0.1) is 5.69 Å². The summed E-state index contributed by atoms with van der Waals surface area (Å²) in [6.45, 7) is 4.39. The molecule has 0 aliphatic heterocycles. The van der Waals surface area contributed by atoms with E-state index >= 15 is 0 Å². The van der Waals surface area contributed by atoms with Gasteiger partial charge in [-0.25, -0.2) is 4.98 Å². The van der Waals surface area contributed by atoms with E-state index in [1.54, 1.807) is 32.2 Å². The predicted octanol–water partition coefficient (Wildman–Crippen LogP) is 2.06. The first-order chi connectivity index (χ1) is 12.6. The van der Waals surface area contributed by atoms with Gasteiger partial charge in [-0.2, -0.15) is 0 Å². The Kier molecular flexibility index (Phi) is 5.37. The lowest BCUT2D eigenvalue weighted by Crippen LogP contribution is -2.29. The second kappa shape index (κ2) is 8.06. The Morgan fingerprint density at radius 3 is 2.50 bits per heavy atom. The van der Waals surface area contributed by atoms with Crippen molar-refractivity contribution in [1.82, 2.24) is 25.7 Å². The van der Waals surface area contributed by atoms with Gasteiger partial charge in [0, 0.05) is 19.3 Å². The van der Waals surface area contributed by atoms with E-state index in [0.29, 0.717) is 47.6 Å². The molecule has 0 bridgehead atoms. The van der Waals surface area contributed by atoms with Crippen molar-refractivity contribution in [3.05, 3.63) is 53.5 Å². The molecule has 3 aromatic rings. The average Bonchev–Trinajstić information content (AvgIpc) is 2.99. The Hall–Kier alpha value is -3.49. The number of pyridine rings is 1. The summed E-state index contributed by atoms with van der Waals surface area (Å²) in [5.74, 6) is 2.22. The van der Waals surface area contributed by atoms with Crippen molar-refractivity contribution >= 4 is 23.4 Å². The Bertz CT molecular complexity index is 843. The number of aryl methyl sites for hydroxylation is 2. The van der Waals surface area contributed by atoms with E-state index in [1.807, 2.05) is 18.2 Å². The Balaban J connectivity index is 1.44. The summed E-state index contributed by atoms with van der Waals surface area (Å²) in [5, 5.41) is 20.9. The van der Waals surface area contributed by atoms with E-state index in [2.05, 4.69) is 36.3 Å². The Morgan fingerprint density at radius 1 is 1.04 bits per heavy atom. The number of rotatable bonds is 7. The molecule has 0 spiro atoms. The minimum absolute atomic E-state index is 0.205. The van der Waals surface area contributed by atoms with Gasteiger partial charge in [-0.15, -0.1) is 10.2 Å². The SMILES string of the molecule is Cc1noc(C)c1C(=O)NCCNc1ccc(Nc2ccccn2)nn1. The molecule has 26 heavy (non-hydrogen) atoms. The summed E-state index contributed by atoms with van der Waals surface area (Å²) in [5.41, 5.74) is 1.06. The number of carbonyl (C=O) groups excluding carboxylic acids is 1. The summed E-state index contributed by atoms with van der Waals surface area (Å²) in [4.78, 5) is 16.3. The zero-order chi connectivity index (χ0) is 18.4. The van der Waals surface area contributed by atoms with E-state index < -0.39 is 0 Å². The summed E-state index contributed by atoms with van der Waals surface area (Å²) in [6, 6.07) is 9.17. The maximum Gasteiger partial charge on any atom is 0.256 e. The molecule has 3 rings (SSSR count). The summed E-state index contributed by atoms with van der Waals surface area (Å²) >= 11 is 0. The molecule has 0 radical (unpaired) electrons. The molecule has 0 aliphatic rings. The van der Waals surface area contributed by atoms with Crippen molar-refractivity contribution in [1.29, 1.82) is 0 Å². The smallest absolute Gasteiger partial charge is 0.256 e. The molecule has 134 valence electrons. The molecule has 3 N–H and O–H groups in total. The Morgan fingerprint density at radius 2 is 1.85 bits per heavy atom. The maximum absolute atomic E-state index is 12.1. The first kappa shape index (κ1) is 17.3. The normalized spacial score (nSPS) is 10.4. The van der Waals surface area contributed by atoms with Crippen LogP contribution in [0.15, 0.2) is 41.1 Å². The number of carbonyl (C=O) groups is 1. The van der Waals surface area contributed by atoms with Crippen LogP contribution in [0.4, 0.5) is 17.5 Å². The van der Waals surface area contributed by atoms with E-state index in [0.717, 1.165) is 0 Å². The van der Waals surface area contributed by atoms with Crippen molar-refractivity contribution in [3.63, 3.8) is 0 Å². The first-order valence-electron chi connectivity index (χ1n) is 8.10. The van der Waals surface area contributed by atoms with Gasteiger partial charge in [-0.1, -0.05) is 11.2 Å². The fraction of sp³-hybridized carbons (Fsp3) is 0.235. The first-order valence-corrected chi connectivity index (χ1v) is 8.10. The fourth-order valence-electron chi connectivity index (χ4n) is 2.32. The number of amides is 1. The van der Waals surface area contributed by atoms with Crippen molar-refractivity contribution in [2.45, 2.75) is 13.8 Å². The zero-order valence-corrected chi connectivity index (χ0v) is 14.5. The third-order valence-electron chi connectivity index (χ3n) is 3.56. The number of anilines is 3. The molecule has 0 saturated heterocycles. The lowest BCUT2D eigenvalue weighted by molar-refractivity contribution is 0.0953. The summed E-state index contributed by atoms with van der Waals surface area (Å²) in [7, 11) is 0. The van der Waals surface area contributed by atoms with Crippen LogP contribution in [0.3, 0.4) is 0 Å². The molecule has 0 saturated carbocycles. The average molecular weight is 353 g/mol. The monoisotopic (exact) mass is 353 g/mol. The number of nitrogens with one attached hydrogen (secondary N) is 3. The lowest BCUT2D eigenvalue weighted by atomic mass is 10.2. The minimum atomic E-state index is -0.205. The van der Waals surface area contributed by atoms with Crippen molar-refractivity contribution < 1.29 is 9.32 Å². The minimum Gasteiger partial charge on any atom is -0.367 e. The van der Waals surface area contributed by atoms with Crippen LogP contribution in [0.2, 0.25) is 0 Å². The molecule has 1 amide bonds. The standard InChI is InChI=1S/C17H19N7O2/c1-11-16(12(2)26-24-11)17(25)20-10-9-19-14-6-7-15(23-22-14)21-13-5-3-4-8-18-13/h3-8H,9-10H2,1-2H3,(H,19,22)(H,20,25)(H,18,21,23). The summed E-state index contributed by atoms with van der Waals surface area (Å²) < 4.78 is 4.99. The maximum atomic E-state index is 12.1. The lowest BCUT2D eigenvalue weighted by Gasteiger charge is -2.08. The van der Waals surface area contributed by atoms with Gasteiger partial charge >= 0.3 is 0 Å². The second-order valence-electron chi connectivity index (χ2n) is 5.53. The number of nitrogens with zero attached hydrogens (tertiary/aromatic N) is 4. The van der Waals surface area contributed by atoms with Gasteiger partial charge in [-0.3, -0.25) is 4.79 Å². The molecule has 3 heterocycles. The quantitative estimate of drug-likeness (QED) is 0.553. The van der Waals surface area contributed by atoms with Crippen LogP contribution >= 0.6 is 0 Å². The van der Waals surface area contributed by atoms with Gasteiger partial charge < -0.3 is 20.5 Å². The highest BCUT2D eigenvalue weighted by Gasteiger charge is 2.16. The highest BCUT2D eigenvalue weighted by Crippen LogP contribution is 2.12. The predicted molar refractivity (Wildman–Crippen MR) is 96.4 cm³/mol. The molecule has 0 unspecified atom stereocenters. The highest BCUT2D eigenvalue weighted by atomic mass is 16.5. The van der Waals surface area contributed by atoms with E-state index in [4.69, 9.17) is 4.52 Å². The molecule has 3 aromatic heterocycles. The van der Waals surface area contributed by atoms with Crippen LogP contribution in [-0.2, 0) is 0 Å². The van der Waals surface area contributed by atoms with Crippen LogP contribution in [0.1, 0.15) is 21.8 Å². The van der Waals surface area contributed by atoms with Gasteiger partial charge in [0.15, 0.2) is 5.82 Å². The van der Waals surface area contributed by atoms with E-state index in [1.165, 1.54) is 0 Å². The van der Waals surface area contributed by atoms with Crippen molar-refractivity contribution in [2.75, 3.05) is 23.7 Å². The van der Waals surface area contributed by atoms with Crippen LogP contribution in [0.25, 0.3) is 0 Å². The molecule has 9 heteroatoms. The molecular formula is C17H19N7O2. The number of hydrogen-bond donors (Lipinski definition) is 3. The Labute approximate surface area is 150 Å². The van der Waals surface area contributed by atoms with E-state index in [-0.39, 0.29) is 5.91 Å². The van der Waals surface area contributed by atoms with Crippen LogP contribution in [0, 0.1) is 13.8 Å². The van der Waals surface area contributed by atoms with Gasteiger partial charge in [0.25, 0.3) is 5.91 Å². The van der Waals surface area contributed by atoms with Crippen LogP contribution < -0.4 is 16.0 Å². The second-order valence-corrected chi connectivity index (χ2v) is 5.53. The van der Waals surface area contributed by atoms with Gasteiger partial charge in [0.1, 0.15) is 23.0 Å². The molecule has 0 fully saturated rings. The molecule has 9 nitrogen and oxygen atoms in total. The number of aromatic nitrogens is 4. The van der Waals surface area contributed by atoms with Crippen molar-refractivity contribution in [2.24, 2.45) is 0 Å². The fourth-order valence-corrected chi connectivity index (χ4v) is 2.32. The topological polar surface area (TPSA) is 118 Å². The zero-order valence-electron chi connectivity index (χ0n) is 14.5. The third-order valence-corrected chi connectivity index (χ3v) is 3.56. The van der Waals surface area contributed by atoms with Crippen LogP contribution in [0.5, 0.6) is 0 Å². The number of hydrogen-bond acceptors (Lipinski definition) is 8. The molecule has 0 atom stereocenters. The summed E-state index contributed by atoms with van der Waals surface area (Å²) in [6.07, 6.45) is 1.70. The highest BCUT2D eigenvalue weighted by molar-refractivity contribution is 5.96. The van der Waals surface area contributed by atoms with Gasteiger partial charge in [-0.05, 0) is 38.1 Å². The van der Waals surface area contributed by atoms with Gasteiger partial charge in [0.2, 0.25) is 0 Å².